The highest BCUT2D eigenvalue weighted by atomic mass is 32.2. The second-order valence-corrected chi connectivity index (χ2v) is 6.81. The molecule has 0 radical (unpaired) electrons. The normalized spacial score (nSPS) is 11.5. The number of aromatic nitrogens is 1. The second-order valence-electron chi connectivity index (χ2n) is 4.11. The van der Waals surface area contributed by atoms with Gasteiger partial charge in [0.15, 0.2) is 5.03 Å². The van der Waals surface area contributed by atoms with Crippen LogP contribution in [0.4, 0.5) is 5.69 Å². The standard InChI is InChI=1S/C12H12N2O4S2/c1-8-3-5-9(6-4-8)20(17,18)12-11(19-2)10(7-13-12)14(15)16/h3-7,13H,1-2H3. The number of H-pyrrole nitrogens is 1. The number of rotatable bonds is 4. The van der Waals surface area contributed by atoms with Gasteiger partial charge in [-0.1, -0.05) is 17.7 Å². The van der Waals surface area contributed by atoms with Crippen molar-refractivity contribution >= 4 is 27.3 Å². The molecule has 6 nitrogen and oxygen atoms in total. The van der Waals surface area contributed by atoms with Crippen LogP contribution < -0.4 is 0 Å². The molecular formula is C12H12N2O4S2. The van der Waals surface area contributed by atoms with Gasteiger partial charge in [-0.2, -0.15) is 0 Å². The van der Waals surface area contributed by atoms with Crippen molar-refractivity contribution in [2.45, 2.75) is 21.7 Å². The highest BCUT2D eigenvalue weighted by molar-refractivity contribution is 7.99. The average Bonchev–Trinajstić information content (AvgIpc) is 2.83. The third-order valence-corrected chi connectivity index (χ3v) is 5.48. The number of sulfone groups is 1. The smallest absolute Gasteiger partial charge is 0.301 e. The zero-order valence-corrected chi connectivity index (χ0v) is 12.4. The minimum atomic E-state index is -3.79. The molecule has 0 saturated carbocycles. The van der Waals surface area contributed by atoms with E-state index in [1.807, 2.05) is 6.92 Å². The number of hydrogen-bond donors (Lipinski definition) is 1. The Balaban J connectivity index is 2.61. The van der Waals surface area contributed by atoms with E-state index in [-0.39, 0.29) is 20.5 Å². The molecule has 20 heavy (non-hydrogen) atoms. The summed E-state index contributed by atoms with van der Waals surface area (Å²) in [4.78, 5) is 13.0. The summed E-state index contributed by atoms with van der Waals surface area (Å²) >= 11 is 1.03. The molecule has 0 unspecified atom stereocenters. The molecule has 8 heteroatoms. The van der Waals surface area contributed by atoms with Crippen LogP contribution in [0, 0.1) is 17.0 Å². The Morgan fingerprint density at radius 3 is 2.35 bits per heavy atom. The maximum Gasteiger partial charge on any atom is 0.301 e. The lowest BCUT2D eigenvalue weighted by atomic mass is 10.2. The fourth-order valence-corrected chi connectivity index (χ4v) is 4.21. The molecule has 1 N–H and O–H groups in total. The molecule has 106 valence electrons. The number of nitrogens with one attached hydrogen (secondary N) is 1. The molecular weight excluding hydrogens is 300 g/mol. The number of hydrogen-bond acceptors (Lipinski definition) is 5. The van der Waals surface area contributed by atoms with Gasteiger partial charge in [-0.3, -0.25) is 10.1 Å². The van der Waals surface area contributed by atoms with Crippen molar-refractivity contribution in [3.05, 3.63) is 46.1 Å². The summed E-state index contributed by atoms with van der Waals surface area (Å²) in [7, 11) is -3.79. The SMILES string of the molecule is CSc1c([N+](=O)[O-])c[nH]c1S(=O)(=O)c1ccc(C)cc1. The van der Waals surface area contributed by atoms with Crippen LogP contribution >= 0.6 is 11.8 Å². The predicted octanol–water partition coefficient (Wildman–Crippen LogP) is 2.79. The number of thioether (sulfide) groups is 1. The largest absolute Gasteiger partial charge is 0.345 e. The average molecular weight is 312 g/mol. The van der Waals surface area contributed by atoms with Crippen LogP contribution in [0.1, 0.15) is 5.56 Å². The van der Waals surface area contributed by atoms with Crippen LogP contribution in [0.2, 0.25) is 0 Å². The summed E-state index contributed by atoms with van der Waals surface area (Å²) < 4.78 is 25.0. The van der Waals surface area contributed by atoms with Crippen molar-refractivity contribution in [1.29, 1.82) is 0 Å². The molecule has 2 aromatic rings. The number of aryl methyl sites for hydroxylation is 1. The number of nitrogens with zero attached hydrogens (tertiary/aromatic N) is 1. The van der Waals surface area contributed by atoms with E-state index in [4.69, 9.17) is 0 Å². The molecule has 1 aromatic carbocycles. The number of aromatic amines is 1. The Kier molecular flexibility index (Phi) is 3.87. The van der Waals surface area contributed by atoms with Crippen molar-refractivity contribution in [1.82, 2.24) is 4.98 Å². The van der Waals surface area contributed by atoms with Gasteiger partial charge in [0.2, 0.25) is 9.84 Å². The monoisotopic (exact) mass is 312 g/mol. The van der Waals surface area contributed by atoms with Crippen LogP contribution in [0.3, 0.4) is 0 Å². The van der Waals surface area contributed by atoms with Crippen molar-refractivity contribution in [3.63, 3.8) is 0 Å². The molecule has 0 aliphatic rings. The minimum absolute atomic E-state index is 0.107. The summed E-state index contributed by atoms with van der Waals surface area (Å²) in [6.45, 7) is 1.85. The van der Waals surface area contributed by atoms with Gasteiger partial charge in [0.1, 0.15) is 4.90 Å². The van der Waals surface area contributed by atoms with Crippen LogP contribution in [0.25, 0.3) is 0 Å². The number of benzene rings is 1. The Morgan fingerprint density at radius 1 is 1.25 bits per heavy atom. The van der Waals surface area contributed by atoms with Crippen molar-refractivity contribution in [2.24, 2.45) is 0 Å². The second kappa shape index (κ2) is 5.29. The summed E-state index contributed by atoms with van der Waals surface area (Å²) in [6.07, 6.45) is 2.71. The first kappa shape index (κ1) is 14.6. The third kappa shape index (κ3) is 2.44. The first-order chi connectivity index (χ1) is 9.37. The van der Waals surface area contributed by atoms with E-state index in [9.17, 15) is 18.5 Å². The van der Waals surface area contributed by atoms with E-state index in [0.29, 0.717) is 0 Å². The third-order valence-electron chi connectivity index (χ3n) is 2.78. The topological polar surface area (TPSA) is 93.1 Å². The molecule has 0 aliphatic heterocycles. The molecule has 1 aromatic heterocycles. The van der Waals surface area contributed by atoms with Crippen LogP contribution in [-0.4, -0.2) is 24.6 Å². The molecule has 0 atom stereocenters. The molecule has 0 spiro atoms. The van der Waals surface area contributed by atoms with E-state index in [0.717, 1.165) is 23.5 Å². The Morgan fingerprint density at radius 2 is 1.85 bits per heavy atom. The first-order valence-corrected chi connectivity index (χ1v) is 8.30. The Bertz CT molecular complexity index is 748. The van der Waals surface area contributed by atoms with E-state index in [1.54, 1.807) is 18.4 Å². The van der Waals surface area contributed by atoms with Gasteiger partial charge in [0, 0.05) is 0 Å². The van der Waals surface area contributed by atoms with Crippen molar-refractivity contribution in [3.8, 4) is 0 Å². The lowest BCUT2D eigenvalue weighted by Gasteiger charge is -2.04. The molecule has 0 saturated heterocycles. The zero-order chi connectivity index (χ0) is 14.9. The summed E-state index contributed by atoms with van der Waals surface area (Å²) in [5.74, 6) is 0. The lowest BCUT2D eigenvalue weighted by molar-refractivity contribution is -0.387. The van der Waals surface area contributed by atoms with E-state index >= 15 is 0 Å². The van der Waals surface area contributed by atoms with Crippen LogP contribution in [0.5, 0.6) is 0 Å². The van der Waals surface area contributed by atoms with Gasteiger partial charge >= 0.3 is 5.69 Å². The van der Waals surface area contributed by atoms with Gasteiger partial charge in [-0.25, -0.2) is 8.42 Å². The van der Waals surface area contributed by atoms with Crippen molar-refractivity contribution in [2.75, 3.05) is 6.26 Å². The minimum Gasteiger partial charge on any atom is -0.345 e. The fourth-order valence-electron chi connectivity index (χ4n) is 1.75. The quantitative estimate of drug-likeness (QED) is 0.532. The first-order valence-electron chi connectivity index (χ1n) is 5.59. The summed E-state index contributed by atoms with van der Waals surface area (Å²) in [5.41, 5.74) is 0.703. The molecule has 0 amide bonds. The van der Waals surface area contributed by atoms with E-state index in [1.165, 1.54) is 12.1 Å². The van der Waals surface area contributed by atoms with Crippen LogP contribution in [-0.2, 0) is 9.84 Å². The maximum absolute atomic E-state index is 12.5. The van der Waals surface area contributed by atoms with E-state index < -0.39 is 14.8 Å². The summed E-state index contributed by atoms with van der Waals surface area (Å²) in [6, 6.07) is 6.34. The maximum atomic E-state index is 12.5. The van der Waals surface area contributed by atoms with Gasteiger partial charge in [-0.05, 0) is 25.3 Å². The van der Waals surface area contributed by atoms with Gasteiger partial charge < -0.3 is 4.98 Å². The molecule has 0 fully saturated rings. The van der Waals surface area contributed by atoms with Gasteiger partial charge in [0.05, 0.1) is 16.0 Å². The molecule has 0 bridgehead atoms. The Labute approximate surface area is 120 Å². The lowest BCUT2D eigenvalue weighted by Crippen LogP contribution is -2.04. The van der Waals surface area contributed by atoms with Gasteiger partial charge in [-0.15, -0.1) is 11.8 Å². The Hall–Kier alpha value is -1.80. The highest BCUT2D eigenvalue weighted by Gasteiger charge is 2.29. The fraction of sp³-hybridized carbons (Fsp3) is 0.167. The predicted molar refractivity (Wildman–Crippen MR) is 75.9 cm³/mol. The van der Waals surface area contributed by atoms with E-state index in [2.05, 4.69) is 4.98 Å². The molecule has 0 aliphatic carbocycles. The number of nitro groups is 1. The van der Waals surface area contributed by atoms with Gasteiger partial charge in [0.25, 0.3) is 0 Å². The highest BCUT2D eigenvalue weighted by Crippen LogP contribution is 2.36. The summed E-state index contributed by atoms with van der Waals surface area (Å²) in [5, 5.41) is 10.7. The van der Waals surface area contributed by atoms with Crippen LogP contribution in [0.15, 0.2) is 45.3 Å². The van der Waals surface area contributed by atoms with Crippen molar-refractivity contribution < 1.29 is 13.3 Å². The molecule has 1 heterocycles. The molecule has 2 rings (SSSR count). The zero-order valence-electron chi connectivity index (χ0n) is 10.8.